The summed E-state index contributed by atoms with van der Waals surface area (Å²) in [5.74, 6) is 8.04. The van der Waals surface area contributed by atoms with Gasteiger partial charge in [-0.25, -0.2) is 0 Å². The topological polar surface area (TPSA) is 50.2 Å². The summed E-state index contributed by atoms with van der Waals surface area (Å²) >= 11 is 0.216. The SMILES string of the molecule is CCC(CC)C(=O)/C=C(\O)C(CC)CC.Cc1c([CH2][Ge]([CH3])([CH3])[CH3])ccc2c1sc1c(-c3[c-]c4ccccc4c(C(C)(C)C)c3)nccc12.[Ir]. The van der Waals surface area contributed by atoms with E-state index in [-0.39, 0.29) is 48.9 Å². The molecule has 0 aliphatic heterocycles. The van der Waals surface area contributed by atoms with Gasteiger partial charge < -0.3 is 5.11 Å². The first kappa shape index (κ1) is 41.1. The smallest absolute Gasteiger partial charge is 0 e. The van der Waals surface area contributed by atoms with Gasteiger partial charge in [0.15, 0.2) is 5.78 Å². The molecule has 0 aliphatic carbocycles. The molecule has 265 valence electrons. The van der Waals surface area contributed by atoms with Gasteiger partial charge >= 0.3 is 199 Å². The summed E-state index contributed by atoms with van der Waals surface area (Å²) in [7, 11) is 0. The largest absolute Gasteiger partial charge is 0 e. The third-order valence-corrected chi connectivity index (χ3v) is 13.9. The van der Waals surface area contributed by atoms with Gasteiger partial charge in [-0.1, -0.05) is 33.8 Å². The Kier molecular flexibility index (Phi) is 14.5. The van der Waals surface area contributed by atoms with E-state index in [1.54, 1.807) is 0 Å². The minimum absolute atomic E-state index is 0. The molecule has 1 N–H and O–H groups in total. The van der Waals surface area contributed by atoms with Crippen LogP contribution in [0.4, 0.5) is 0 Å². The van der Waals surface area contributed by atoms with Crippen LogP contribution in [0.25, 0.3) is 42.2 Å². The van der Waals surface area contributed by atoms with E-state index in [1.165, 1.54) is 53.6 Å². The second-order valence-corrected chi connectivity index (χ2v) is 28.0. The summed E-state index contributed by atoms with van der Waals surface area (Å²) in [6.07, 6.45) is 6.88. The molecule has 3 aromatic carbocycles. The third-order valence-electron chi connectivity index (χ3n) is 9.56. The zero-order chi connectivity index (χ0) is 35.4. The van der Waals surface area contributed by atoms with E-state index in [0.29, 0.717) is 0 Å². The number of rotatable bonds is 10. The Bertz CT molecular complexity index is 1920. The molecule has 0 spiro atoms. The second kappa shape index (κ2) is 17.3. The molecule has 0 fully saturated rings. The van der Waals surface area contributed by atoms with Crippen LogP contribution in [0.5, 0.6) is 0 Å². The monoisotopic (exact) mass is 917 g/mol. The number of aromatic nitrogens is 1. The zero-order valence-electron chi connectivity index (χ0n) is 31.5. The van der Waals surface area contributed by atoms with Gasteiger partial charge in [-0.2, -0.15) is 0 Å². The number of carbonyl (C=O) groups excluding carboxylic acids is 1. The number of aliphatic hydroxyl groups excluding tert-OH is 1. The molecule has 1 radical (unpaired) electrons. The number of carbonyl (C=O) groups is 1. The number of allylic oxidation sites excluding steroid dienone is 2. The van der Waals surface area contributed by atoms with Crippen LogP contribution in [0.1, 0.15) is 90.8 Å². The van der Waals surface area contributed by atoms with Crippen molar-refractivity contribution >= 4 is 61.3 Å². The summed E-state index contributed by atoms with van der Waals surface area (Å²) in [5, 5.41) is 16.1. The van der Waals surface area contributed by atoms with Crippen LogP contribution >= 0.6 is 11.3 Å². The van der Waals surface area contributed by atoms with Crippen molar-refractivity contribution in [3.63, 3.8) is 0 Å². The first-order valence-corrected chi connectivity index (χ1v) is 26.4. The van der Waals surface area contributed by atoms with E-state index < -0.39 is 13.3 Å². The van der Waals surface area contributed by atoms with Crippen molar-refractivity contribution in [2.75, 3.05) is 0 Å². The molecule has 6 heteroatoms. The van der Waals surface area contributed by atoms with Gasteiger partial charge in [0.05, 0.1) is 5.76 Å². The molecule has 5 aromatic rings. The number of pyridine rings is 1. The molecule has 0 saturated heterocycles. The van der Waals surface area contributed by atoms with Crippen LogP contribution in [0.15, 0.2) is 66.6 Å². The maximum atomic E-state index is 11.7. The van der Waals surface area contributed by atoms with Crippen molar-refractivity contribution in [1.82, 2.24) is 4.98 Å². The standard InChI is InChI=1S/C30H32GeNS.C13H24O2.Ir/c1-19-21(18-31(5,6)7)12-13-24-25-14-15-32-27(29(25)33-28(19)24)22-16-20-10-8-9-11-23(20)26(17-22)30(2,3)4;1-5-10(6-2)12(14)9-13(15)11(7-3)8-4;/h8-15,17H,18H2,1-7H3;9-11,14H,5-8H2,1-4H3;/q-1;;/b;12-9-;. The summed E-state index contributed by atoms with van der Waals surface area (Å²) in [5.41, 5.74) is 6.53. The van der Waals surface area contributed by atoms with E-state index in [9.17, 15) is 9.90 Å². The molecule has 0 atom stereocenters. The Morgan fingerprint density at radius 2 is 1.51 bits per heavy atom. The van der Waals surface area contributed by atoms with Crippen LogP contribution in [0.2, 0.25) is 17.3 Å². The zero-order valence-corrected chi connectivity index (χ0v) is 36.8. The number of nitrogens with zero attached hydrogens (tertiary/aromatic N) is 1. The fourth-order valence-corrected chi connectivity index (χ4v) is 11.2. The van der Waals surface area contributed by atoms with Gasteiger partial charge in [-0.15, -0.1) is 0 Å². The average molecular weight is 916 g/mol. The Morgan fingerprint density at radius 3 is 2.10 bits per heavy atom. The van der Waals surface area contributed by atoms with Crippen molar-refractivity contribution in [3.8, 4) is 11.3 Å². The van der Waals surface area contributed by atoms with E-state index in [4.69, 9.17) is 4.98 Å². The third kappa shape index (κ3) is 9.73. The molecule has 2 aromatic heterocycles. The van der Waals surface area contributed by atoms with Gasteiger partial charge in [0.2, 0.25) is 0 Å². The molecule has 49 heavy (non-hydrogen) atoms. The van der Waals surface area contributed by atoms with Crippen molar-refractivity contribution in [1.29, 1.82) is 0 Å². The molecular formula is C43H56GeIrNO2S-. The van der Waals surface area contributed by atoms with Gasteiger partial charge in [-0.05, 0) is 25.7 Å². The van der Waals surface area contributed by atoms with Crippen molar-refractivity contribution in [2.45, 2.75) is 109 Å². The minimum Gasteiger partial charge on any atom is 0 e. The Labute approximate surface area is 315 Å². The quantitative estimate of drug-likeness (QED) is 0.0657. The number of benzene rings is 3. The first-order valence-electron chi connectivity index (χ1n) is 17.8. The summed E-state index contributed by atoms with van der Waals surface area (Å²) in [4.78, 5) is 16.6. The van der Waals surface area contributed by atoms with Crippen LogP contribution in [0, 0.1) is 24.8 Å². The fourth-order valence-electron chi connectivity index (χ4n) is 6.65. The number of hydrogen-bond acceptors (Lipinski definition) is 4. The normalized spacial score (nSPS) is 12.5. The van der Waals surface area contributed by atoms with Crippen LogP contribution in [-0.2, 0) is 35.6 Å². The number of fused-ring (bicyclic) bond motifs is 4. The van der Waals surface area contributed by atoms with Crippen molar-refractivity contribution in [2.24, 2.45) is 11.8 Å². The molecule has 0 unspecified atom stereocenters. The molecule has 0 amide bonds. The first-order chi connectivity index (χ1) is 22.6. The number of hydrogen-bond donors (Lipinski definition) is 1. The van der Waals surface area contributed by atoms with E-state index in [0.717, 1.165) is 42.3 Å². The molecule has 0 saturated carbocycles. The summed E-state index contributed by atoms with van der Waals surface area (Å²) in [6.45, 7) is 17.2. The average Bonchev–Trinajstić information content (AvgIpc) is 3.42. The van der Waals surface area contributed by atoms with Crippen LogP contribution < -0.4 is 0 Å². The molecular weight excluding hydrogens is 859 g/mol. The minimum atomic E-state index is -1.69. The molecule has 5 rings (SSSR count). The Hall–Kier alpha value is -2.31. The number of thiophene rings is 1. The van der Waals surface area contributed by atoms with Crippen LogP contribution in [0.3, 0.4) is 0 Å². The Balaban J connectivity index is 0.000000347. The van der Waals surface area contributed by atoms with Crippen molar-refractivity contribution < 1.29 is 30.0 Å². The van der Waals surface area contributed by atoms with Crippen LogP contribution in [-0.4, -0.2) is 29.1 Å². The molecule has 3 nitrogen and oxygen atoms in total. The van der Waals surface area contributed by atoms with Gasteiger partial charge in [-0.3, -0.25) is 4.79 Å². The summed E-state index contributed by atoms with van der Waals surface area (Å²) in [6, 6.07) is 21.5. The van der Waals surface area contributed by atoms with Gasteiger partial charge in [0.25, 0.3) is 0 Å². The predicted octanol–water partition coefficient (Wildman–Crippen LogP) is 13.0. The number of aryl methyl sites for hydroxylation is 1. The van der Waals surface area contributed by atoms with Gasteiger partial charge in [0, 0.05) is 38.0 Å². The van der Waals surface area contributed by atoms with E-state index >= 15 is 0 Å². The summed E-state index contributed by atoms with van der Waals surface area (Å²) < 4.78 is 2.69. The number of aliphatic hydroxyl groups is 1. The predicted molar refractivity (Wildman–Crippen MR) is 213 cm³/mol. The fraction of sp³-hybridized carbons (Fsp3) is 0.442. The number of ketones is 1. The van der Waals surface area contributed by atoms with E-state index in [2.05, 4.69) is 99.6 Å². The second-order valence-electron chi connectivity index (χ2n) is 15.5. The maximum absolute atomic E-state index is 11.7. The molecule has 0 bridgehead atoms. The van der Waals surface area contributed by atoms with Gasteiger partial charge in [0.1, 0.15) is 0 Å². The maximum Gasteiger partial charge on any atom is 0 e. The van der Waals surface area contributed by atoms with E-state index in [1.807, 2.05) is 45.2 Å². The van der Waals surface area contributed by atoms with Crippen molar-refractivity contribution in [3.05, 3.63) is 89.3 Å². The molecule has 0 aliphatic rings. The molecule has 2 heterocycles. The Morgan fingerprint density at radius 1 is 0.898 bits per heavy atom.